The minimum absolute atomic E-state index is 0.261. The summed E-state index contributed by atoms with van der Waals surface area (Å²) < 4.78 is 13.4. The van der Waals surface area contributed by atoms with Gasteiger partial charge in [0.2, 0.25) is 0 Å². The highest BCUT2D eigenvalue weighted by atomic mass is 19.1. The van der Waals surface area contributed by atoms with Gasteiger partial charge in [0, 0.05) is 31.7 Å². The van der Waals surface area contributed by atoms with Crippen LogP contribution >= 0.6 is 0 Å². The molecule has 0 aromatic carbocycles. The van der Waals surface area contributed by atoms with Crippen molar-refractivity contribution in [2.45, 2.75) is 19.9 Å². The van der Waals surface area contributed by atoms with Gasteiger partial charge in [0.25, 0.3) is 0 Å². The topological polar surface area (TPSA) is 31.4 Å². The molecule has 5 heteroatoms. The first-order valence-corrected chi connectivity index (χ1v) is 6.99. The van der Waals surface area contributed by atoms with Crippen molar-refractivity contribution < 1.29 is 4.39 Å². The summed E-state index contributed by atoms with van der Waals surface area (Å²) in [5, 5.41) is 3.25. The van der Waals surface area contributed by atoms with Gasteiger partial charge in [0.1, 0.15) is 11.6 Å². The number of likely N-dealkylation sites (N-methyl/N-ethyl adjacent to an activating group) is 1. The van der Waals surface area contributed by atoms with Gasteiger partial charge in [-0.2, -0.15) is 0 Å². The smallest absolute Gasteiger partial charge is 0.141 e. The summed E-state index contributed by atoms with van der Waals surface area (Å²) in [6.45, 7) is 7.67. The fraction of sp³-hybridized carbons (Fsp3) is 0.643. The van der Waals surface area contributed by atoms with Crippen molar-refractivity contribution in [2.24, 2.45) is 0 Å². The monoisotopic (exact) mass is 266 g/mol. The van der Waals surface area contributed by atoms with Crippen molar-refractivity contribution in [1.29, 1.82) is 0 Å². The summed E-state index contributed by atoms with van der Waals surface area (Å²) in [5.74, 6) is 0.668. The van der Waals surface area contributed by atoms with Gasteiger partial charge in [-0.25, -0.2) is 9.37 Å². The van der Waals surface area contributed by atoms with Crippen molar-refractivity contribution in [2.75, 3.05) is 44.7 Å². The quantitative estimate of drug-likeness (QED) is 0.894. The van der Waals surface area contributed by atoms with Crippen LogP contribution in [-0.2, 0) is 6.54 Å². The number of anilines is 1. The molecule has 1 aromatic rings. The van der Waals surface area contributed by atoms with E-state index in [0.29, 0.717) is 6.54 Å². The van der Waals surface area contributed by atoms with Crippen molar-refractivity contribution in [3.8, 4) is 0 Å². The molecule has 0 bridgehead atoms. The Morgan fingerprint density at radius 3 is 2.95 bits per heavy atom. The van der Waals surface area contributed by atoms with Crippen molar-refractivity contribution >= 4 is 5.82 Å². The van der Waals surface area contributed by atoms with E-state index < -0.39 is 0 Å². The first kappa shape index (κ1) is 14.2. The average molecular weight is 266 g/mol. The molecule has 106 valence electrons. The van der Waals surface area contributed by atoms with Gasteiger partial charge in [0.15, 0.2) is 0 Å². The van der Waals surface area contributed by atoms with E-state index in [4.69, 9.17) is 0 Å². The van der Waals surface area contributed by atoms with Crippen LogP contribution < -0.4 is 10.2 Å². The summed E-state index contributed by atoms with van der Waals surface area (Å²) in [6.07, 6.45) is 2.44. The van der Waals surface area contributed by atoms with Crippen molar-refractivity contribution in [1.82, 2.24) is 15.2 Å². The predicted molar refractivity (Wildman–Crippen MR) is 75.9 cm³/mol. The molecule has 4 nitrogen and oxygen atoms in total. The summed E-state index contributed by atoms with van der Waals surface area (Å²) in [6, 6.07) is 1.60. The van der Waals surface area contributed by atoms with Gasteiger partial charge in [-0.3, -0.25) is 0 Å². The Kier molecular flexibility index (Phi) is 5.10. The highest BCUT2D eigenvalue weighted by Gasteiger charge is 2.17. The Bertz CT molecular complexity index is 410. The first-order valence-electron chi connectivity index (χ1n) is 6.99. The molecule has 0 aliphatic carbocycles. The zero-order valence-electron chi connectivity index (χ0n) is 11.8. The molecule has 0 radical (unpaired) electrons. The van der Waals surface area contributed by atoms with Crippen LogP contribution in [0.1, 0.15) is 18.9 Å². The number of halogens is 1. The van der Waals surface area contributed by atoms with Crippen LogP contribution in [0.2, 0.25) is 0 Å². The molecule has 1 aliphatic rings. The van der Waals surface area contributed by atoms with E-state index in [1.807, 2.05) is 6.92 Å². The second-order valence-electron chi connectivity index (χ2n) is 5.06. The van der Waals surface area contributed by atoms with E-state index >= 15 is 0 Å². The molecule has 0 spiro atoms. The molecule has 1 N–H and O–H groups in total. The maximum atomic E-state index is 13.4. The van der Waals surface area contributed by atoms with Crippen LogP contribution in [0.3, 0.4) is 0 Å². The Hall–Kier alpha value is -1.20. The van der Waals surface area contributed by atoms with Crippen LogP contribution in [0.25, 0.3) is 0 Å². The predicted octanol–water partition coefficient (Wildman–Crippen LogP) is 1.47. The van der Waals surface area contributed by atoms with E-state index in [-0.39, 0.29) is 5.82 Å². The second kappa shape index (κ2) is 6.82. The third-order valence-corrected chi connectivity index (χ3v) is 3.49. The molecule has 0 unspecified atom stereocenters. The van der Waals surface area contributed by atoms with E-state index in [0.717, 1.165) is 50.5 Å². The lowest BCUT2D eigenvalue weighted by molar-refractivity contribution is 0.360. The molecule has 0 amide bonds. The highest BCUT2D eigenvalue weighted by Crippen LogP contribution is 2.20. The fourth-order valence-corrected chi connectivity index (χ4v) is 2.41. The summed E-state index contributed by atoms with van der Waals surface area (Å²) in [5.41, 5.74) is 0.950. The number of hydrogen-bond donors (Lipinski definition) is 1. The maximum absolute atomic E-state index is 13.4. The molecule has 1 saturated heterocycles. The van der Waals surface area contributed by atoms with Gasteiger partial charge >= 0.3 is 0 Å². The average Bonchev–Trinajstić information content (AvgIpc) is 2.61. The number of nitrogens with zero attached hydrogens (tertiary/aromatic N) is 3. The van der Waals surface area contributed by atoms with Gasteiger partial charge in [-0.15, -0.1) is 0 Å². The van der Waals surface area contributed by atoms with Gasteiger partial charge in [0.05, 0.1) is 6.20 Å². The Morgan fingerprint density at radius 1 is 1.32 bits per heavy atom. The van der Waals surface area contributed by atoms with Crippen LogP contribution in [0.15, 0.2) is 12.3 Å². The van der Waals surface area contributed by atoms with E-state index in [1.54, 1.807) is 6.07 Å². The number of pyridine rings is 1. The zero-order chi connectivity index (χ0) is 13.7. The molecule has 19 heavy (non-hydrogen) atoms. The van der Waals surface area contributed by atoms with Crippen molar-refractivity contribution in [3.63, 3.8) is 0 Å². The Labute approximate surface area is 114 Å². The van der Waals surface area contributed by atoms with Crippen LogP contribution in [-0.4, -0.2) is 49.7 Å². The lowest BCUT2D eigenvalue weighted by atomic mass is 10.2. The molecule has 0 saturated carbocycles. The lowest BCUT2D eigenvalue weighted by Crippen LogP contribution is -2.31. The highest BCUT2D eigenvalue weighted by molar-refractivity contribution is 5.47. The SMILES string of the molecule is CCNCc1cc(F)cnc1N1CCCN(C)CC1. The first-order chi connectivity index (χ1) is 9.20. The van der Waals surface area contributed by atoms with E-state index in [2.05, 4.69) is 27.1 Å². The number of rotatable bonds is 4. The molecule has 2 heterocycles. The molecule has 1 aromatic heterocycles. The molecular weight excluding hydrogens is 243 g/mol. The molecule has 1 aliphatic heterocycles. The molecular formula is C14H23FN4. The van der Waals surface area contributed by atoms with E-state index in [9.17, 15) is 4.39 Å². The van der Waals surface area contributed by atoms with E-state index in [1.165, 1.54) is 6.20 Å². The zero-order valence-corrected chi connectivity index (χ0v) is 11.8. The third-order valence-electron chi connectivity index (χ3n) is 3.49. The lowest BCUT2D eigenvalue weighted by Gasteiger charge is -2.24. The number of aromatic nitrogens is 1. The summed E-state index contributed by atoms with van der Waals surface area (Å²) in [4.78, 5) is 8.91. The minimum atomic E-state index is -0.261. The number of nitrogens with one attached hydrogen (secondary N) is 1. The Morgan fingerprint density at radius 2 is 2.16 bits per heavy atom. The Balaban J connectivity index is 2.17. The van der Waals surface area contributed by atoms with Crippen molar-refractivity contribution in [3.05, 3.63) is 23.6 Å². The summed E-state index contributed by atoms with van der Waals surface area (Å²) in [7, 11) is 2.14. The van der Waals surface area contributed by atoms with Crippen LogP contribution in [0.5, 0.6) is 0 Å². The molecule has 1 fully saturated rings. The molecule has 0 atom stereocenters. The third kappa shape index (κ3) is 3.88. The van der Waals surface area contributed by atoms with Gasteiger partial charge in [-0.1, -0.05) is 6.92 Å². The van der Waals surface area contributed by atoms with Crippen LogP contribution in [0, 0.1) is 5.82 Å². The van der Waals surface area contributed by atoms with Crippen LogP contribution in [0.4, 0.5) is 10.2 Å². The maximum Gasteiger partial charge on any atom is 0.141 e. The number of hydrogen-bond acceptors (Lipinski definition) is 4. The standard InChI is InChI=1S/C14H23FN4/c1-3-16-10-12-9-13(15)11-17-14(12)19-6-4-5-18(2)7-8-19/h9,11,16H,3-8,10H2,1-2H3. The minimum Gasteiger partial charge on any atom is -0.355 e. The normalized spacial score (nSPS) is 17.5. The molecule has 2 rings (SSSR count). The van der Waals surface area contributed by atoms with Gasteiger partial charge in [-0.05, 0) is 32.6 Å². The fourth-order valence-electron chi connectivity index (χ4n) is 2.41. The largest absolute Gasteiger partial charge is 0.355 e. The summed E-state index contributed by atoms with van der Waals surface area (Å²) >= 11 is 0. The second-order valence-corrected chi connectivity index (χ2v) is 5.06. The van der Waals surface area contributed by atoms with Gasteiger partial charge < -0.3 is 15.1 Å².